The predicted octanol–water partition coefficient (Wildman–Crippen LogP) is 2.44. The summed E-state index contributed by atoms with van der Waals surface area (Å²) < 4.78 is 17.6. The van der Waals surface area contributed by atoms with Crippen LogP contribution in [-0.2, 0) is 22.0 Å². The minimum atomic E-state index is -0.789. The SMILES string of the molecule is CCNC1c2ccccc2CCC1S(=O)CCCOC. The molecule has 1 aliphatic carbocycles. The van der Waals surface area contributed by atoms with Crippen LogP contribution in [0.3, 0.4) is 0 Å². The summed E-state index contributed by atoms with van der Waals surface area (Å²) in [5.41, 5.74) is 2.74. The van der Waals surface area contributed by atoms with E-state index < -0.39 is 10.8 Å². The molecule has 3 atom stereocenters. The summed E-state index contributed by atoms with van der Waals surface area (Å²) in [5.74, 6) is 0.739. The topological polar surface area (TPSA) is 38.3 Å². The lowest BCUT2D eigenvalue weighted by atomic mass is 9.87. The summed E-state index contributed by atoms with van der Waals surface area (Å²) in [6.07, 6.45) is 2.92. The van der Waals surface area contributed by atoms with Crippen molar-refractivity contribution < 1.29 is 8.95 Å². The van der Waals surface area contributed by atoms with Crippen LogP contribution in [0.5, 0.6) is 0 Å². The minimum Gasteiger partial charge on any atom is -0.385 e. The maximum Gasteiger partial charge on any atom is 0.0546 e. The van der Waals surface area contributed by atoms with Crippen LogP contribution in [0.4, 0.5) is 0 Å². The summed E-state index contributed by atoms with van der Waals surface area (Å²) in [7, 11) is 0.906. The first kappa shape index (κ1) is 15.7. The van der Waals surface area contributed by atoms with Crippen LogP contribution in [0.2, 0.25) is 0 Å². The Labute approximate surface area is 124 Å². The molecule has 0 aliphatic heterocycles. The smallest absolute Gasteiger partial charge is 0.0546 e. The van der Waals surface area contributed by atoms with Crippen molar-refractivity contribution in [2.45, 2.75) is 37.5 Å². The minimum absolute atomic E-state index is 0.224. The lowest BCUT2D eigenvalue weighted by Crippen LogP contribution is -2.39. The van der Waals surface area contributed by atoms with Gasteiger partial charge in [-0.3, -0.25) is 4.21 Å². The third-order valence-electron chi connectivity index (χ3n) is 3.92. The standard InChI is InChI=1S/C16H25NO2S/c1-3-17-16-14-8-5-4-7-13(14)9-10-15(16)20(18)12-6-11-19-2/h4-5,7-8,15-17H,3,6,9-12H2,1-2H3. The molecule has 3 nitrogen and oxygen atoms in total. The molecular weight excluding hydrogens is 270 g/mol. The van der Waals surface area contributed by atoms with Crippen molar-refractivity contribution in [3.8, 4) is 0 Å². The summed E-state index contributed by atoms with van der Waals surface area (Å²) in [4.78, 5) is 0. The van der Waals surface area contributed by atoms with Gasteiger partial charge in [-0.05, 0) is 36.9 Å². The number of nitrogens with one attached hydrogen (secondary N) is 1. The highest BCUT2D eigenvalue weighted by atomic mass is 32.2. The van der Waals surface area contributed by atoms with Gasteiger partial charge < -0.3 is 10.1 Å². The molecule has 1 aromatic carbocycles. The molecule has 3 unspecified atom stereocenters. The van der Waals surface area contributed by atoms with E-state index in [1.807, 2.05) is 0 Å². The Hall–Kier alpha value is -0.710. The number of methoxy groups -OCH3 is 1. The first-order valence-corrected chi connectivity index (χ1v) is 8.83. The molecule has 0 spiro atoms. The number of hydrogen-bond acceptors (Lipinski definition) is 3. The zero-order chi connectivity index (χ0) is 14.4. The number of benzene rings is 1. The Bertz CT molecular complexity index is 450. The molecule has 0 saturated carbocycles. The van der Waals surface area contributed by atoms with E-state index in [1.54, 1.807) is 7.11 Å². The lowest BCUT2D eigenvalue weighted by Gasteiger charge is -2.33. The fourth-order valence-corrected chi connectivity index (χ4v) is 4.60. The average molecular weight is 295 g/mol. The summed E-state index contributed by atoms with van der Waals surface area (Å²) in [5, 5.41) is 3.76. The molecule has 0 bridgehead atoms. The highest BCUT2D eigenvalue weighted by molar-refractivity contribution is 7.85. The molecule has 0 fully saturated rings. The van der Waals surface area contributed by atoms with E-state index in [2.05, 4.69) is 36.5 Å². The number of ether oxygens (including phenoxy) is 1. The molecular formula is C16H25NO2S. The molecule has 0 saturated heterocycles. The first-order chi connectivity index (χ1) is 9.77. The van der Waals surface area contributed by atoms with E-state index in [0.29, 0.717) is 6.61 Å². The molecule has 4 heteroatoms. The van der Waals surface area contributed by atoms with Crippen LogP contribution >= 0.6 is 0 Å². The molecule has 112 valence electrons. The maximum atomic E-state index is 12.6. The third kappa shape index (κ3) is 3.68. The predicted molar refractivity (Wildman–Crippen MR) is 84.5 cm³/mol. The normalized spacial score (nSPS) is 23.3. The Morgan fingerprint density at radius 3 is 2.95 bits per heavy atom. The van der Waals surface area contributed by atoms with Crippen molar-refractivity contribution in [1.82, 2.24) is 5.32 Å². The number of rotatable bonds is 7. The van der Waals surface area contributed by atoms with Crippen molar-refractivity contribution in [3.05, 3.63) is 35.4 Å². The van der Waals surface area contributed by atoms with Crippen molar-refractivity contribution in [1.29, 1.82) is 0 Å². The highest BCUT2D eigenvalue weighted by Crippen LogP contribution is 2.33. The zero-order valence-electron chi connectivity index (χ0n) is 12.4. The van der Waals surface area contributed by atoms with Gasteiger partial charge in [-0.1, -0.05) is 31.2 Å². The highest BCUT2D eigenvalue weighted by Gasteiger charge is 2.32. The summed E-state index contributed by atoms with van der Waals surface area (Å²) in [6.45, 7) is 3.72. The first-order valence-electron chi connectivity index (χ1n) is 7.45. The molecule has 0 radical (unpaired) electrons. The van der Waals surface area contributed by atoms with Gasteiger partial charge in [0.05, 0.1) is 5.25 Å². The Balaban J connectivity index is 2.11. The van der Waals surface area contributed by atoms with Crippen LogP contribution in [0.25, 0.3) is 0 Å². The lowest BCUT2D eigenvalue weighted by molar-refractivity contribution is 0.200. The van der Waals surface area contributed by atoms with Crippen LogP contribution in [-0.4, -0.2) is 35.5 Å². The molecule has 0 amide bonds. The van der Waals surface area contributed by atoms with E-state index in [9.17, 15) is 4.21 Å². The van der Waals surface area contributed by atoms with Gasteiger partial charge in [0.25, 0.3) is 0 Å². The average Bonchev–Trinajstić information content (AvgIpc) is 2.48. The molecule has 1 aromatic rings. The van der Waals surface area contributed by atoms with Crippen molar-refractivity contribution >= 4 is 10.8 Å². The van der Waals surface area contributed by atoms with Gasteiger partial charge in [0, 0.05) is 36.3 Å². The zero-order valence-corrected chi connectivity index (χ0v) is 13.2. The van der Waals surface area contributed by atoms with E-state index in [4.69, 9.17) is 4.74 Å². The maximum absolute atomic E-state index is 12.6. The van der Waals surface area contributed by atoms with E-state index in [-0.39, 0.29) is 11.3 Å². The van der Waals surface area contributed by atoms with Gasteiger partial charge in [-0.15, -0.1) is 0 Å². The second-order valence-corrected chi connectivity index (χ2v) is 7.02. The van der Waals surface area contributed by atoms with Crippen molar-refractivity contribution in [3.63, 3.8) is 0 Å². The Morgan fingerprint density at radius 1 is 1.40 bits per heavy atom. The fraction of sp³-hybridized carbons (Fsp3) is 0.625. The molecule has 20 heavy (non-hydrogen) atoms. The van der Waals surface area contributed by atoms with E-state index >= 15 is 0 Å². The molecule has 0 aromatic heterocycles. The summed E-state index contributed by atoms with van der Waals surface area (Å²) in [6, 6.07) is 8.79. The number of hydrogen-bond donors (Lipinski definition) is 1. The van der Waals surface area contributed by atoms with Gasteiger partial charge in [0.15, 0.2) is 0 Å². The van der Waals surface area contributed by atoms with Gasteiger partial charge in [0.2, 0.25) is 0 Å². The quantitative estimate of drug-likeness (QED) is 0.785. The number of aryl methyl sites for hydroxylation is 1. The van der Waals surface area contributed by atoms with Gasteiger partial charge >= 0.3 is 0 Å². The van der Waals surface area contributed by atoms with Gasteiger partial charge in [-0.25, -0.2) is 0 Å². The second-order valence-electron chi connectivity index (χ2n) is 5.24. The third-order valence-corrected chi connectivity index (χ3v) is 5.79. The molecule has 1 aliphatic rings. The number of fused-ring (bicyclic) bond motifs is 1. The fourth-order valence-electron chi connectivity index (χ4n) is 2.97. The second kappa shape index (κ2) is 7.91. The van der Waals surface area contributed by atoms with Crippen LogP contribution in [0.1, 0.15) is 36.9 Å². The van der Waals surface area contributed by atoms with Crippen molar-refractivity contribution in [2.75, 3.05) is 26.0 Å². The molecule has 0 heterocycles. The molecule has 1 N–H and O–H groups in total. The van der Waals surface area contributed by atoms with Crippen molar-refractivity contribution in [2.24, 2.45) is 0 Å². The van der Waals surface area contributed by atoms with E-state index in [1.165, 1.54) is 11.1 Å². The van der Waals surface area contributed by atoms with Crippen LogP contribution in [0, 0.1) is 0 Å². The monoisotopic (exact) mass is 295 g/mol. The van der Waals surface area contributed by atoms with E-state index in [0.717, 1.165) is 31.6 Å². The Kier molecular flexibility index (Phi) is 6.20. The molecule has 2 rings (SSSR count). The summed E-state index contributed by atoms with van der Waals surface area (Å²) >= 11 is 0. The Morgan fingerprint density at radius 2 is 2.20 bits per heavy atom. The largest absolute Gasteiger partial charge is 0.385 e. The van der Waals surface area contributed by atoms with Crippen LogP contribution < -0.4 is 5.32 Å². The van der Waals surface area contributed by atoms with Gasteiger partial charge in [-0.2, -0.15) is 0 Å². The van der Waals surface area contributed by atoms with Gasteiger partial charge in [0.1, 0.15) is 0 Å². The van der Waals surface area contributed by atoms with Crippen LogP contribution in [0.15, 0.2) is 24.3 Å².